The van der Waals surface area contributed by atoms with Crippen molar-refractivity contribution in [3.63, 3.8) is 0 Å². The number of phenols is 1. The fourth-order valence-electron chi connectivity index (χ4n) is 3.97. The number of amides is 3. The third-order valence-electron chi connectivity index (χ3n) is 5.82. The molecule has 2 rings (SSSR count). The number of carbonyl (C=O) groups excluding carboxylic acids is 3. The number of carbonyl (C=O) groups is 3. The summed E-state index contributed by atoms with van der Waals surface area (Å²) < 4.78 is 5.39. The lowest BCUT2D eigenvalue weighted by atomic mass is 9.94. The first-order valence-electron chi connectivity index (χ1n) is 12.5. The summed E-state index contributed by atoms with van der Waals surface area (Å²) in [5.74, 6) is -0.989. The van der Waals surface area contributed by atoms with E-state index in [0.29, 0.717) is 11.1 Å². The highest BCUT2D eigenvalue weighted by Crippen LogP contribution is 2.28. The van der Waals surface area contributed by atoms with Gasteiger partial charge < -0.3 is 25.4 Å². The summed E-state index contributed by atoms with van der Waals surface area (Å²) in [5, 5.41) is 24.9. The number of nitriles is 1. The molecule has 0 saturated carbocycles. The number of hydrogen-bond donors (Lipinski definition) is 3. The number of benzene rings is 2. The van der Waals surface area contributed by atoms with E-state index in [1.807, 2.05) is 39.8 Å². The Bertz CT molecular complexity index is 1180. The highest BCUT2D eigenvalue weighted by molar-refractivity contribution is 5.92. The lowest BCUT2D eigenvalue weighted by Gasteiger charge is -2.34. The summed E-state index contributed by atoms with van der Waals surface area (Å²) >= 11 is 0. The molecule has 2 atom stereocenters. The molecule has 3 amide bonds. The number of aryl methyl sites for hydroxylation is 1. The standard InChI is InChI=1S/C29H38N4O5/c1-18(2)31-26(35)25(23-10-8-9-19(3)20(23)4)33(16-15-30)27(36)24(32-28(37)38-29(5,6)7)17-21-11-13-22(34)14-12-21/h8-14,18,24-25,34H,16-17H2,1-7H3,(H,31,35)(H,32,37). The van der Waals surface area contributed by atoms with E-state index in [-0.39, 0.29) is 24.8 Å². The molecule has 0 aliphatic heterocycles. The molecule has 2 aromatic rings. The van der Waals surface area contributed by atoms with Crippen LogP contribution in [0.3, 0.4) is 0 Å². The van der Waals surface area contributed by atoms with Crippen molar-refractivity contribution in [2.24, 2.45) is 0 Å². The van der Waals surface area contributed by atoms with Gasteiger partial charge in [0.1, 0.15) is 30.0 Å². The third kappa shape index (κ3) is 8.51. The van der Waals surface area contributed by atoms with Crippen LogP contribution in [0.2, 0.25) is 0 Å². The molecule has 0 saturated heterocycles. The topological polar surface area (TPSA) is 132 Å². The van der Waals surface area contributed by atoms with Gasteiger partial charge in [-0.3, -0.25) is 9.59 Å². The van der Waals surface area contributed by atoms with Crippen molar-refractivity contribution >= 4 is 17.9 Å². The zero-order valence-corrected chi connectivity index (χ0v) is 23.2. The Morgan fingerprint density at radius 3 is 2.24 bits per heavy atom. The van der Waals surface area contributed by atoms with Gasteiger partial charge in [-0.25, -0.2) is 4.79 Å². The number of alkyl carbamates (subject to hydrolysis) is 1. The van der Waals surface area contributed by atoms with Crippen molar-refractivity contribution < 1.29 is 24.2 Å². The zero-order chi connectivity index (χ0) is 28.6. The SMILES string of the molecule is Cc1cccc(C(C(=O)NC(C)C)N(CC#N)C(=O)C(Cc2ccc(O)cc2)NC(=O)OC(C)(C)C)c1C. The van der Waals surface area contributed by atoms with Crippen LogP contribution < -0.4 is 10.6 Å². The zero-order valence-electron chi connectivity index (χ0n) is 23.2. The summed E-state index contributed by atoms with van der Waals surface area (Å²) in [4.78, 5) is 41.5. The summed E-state index contributed by atoms with van der Waals surface area (Å²) in [6.45, 7) is 12.1. The van der Waals surface area contributed by atoms with Gasteiger partial charge in [-0.2, -0.15) is 5.26 Å². The smallest absolute Gasteiger partial charge is 0.408 e. The molecular weight excluding hydrogens is 484 g/mol. The maximum absolute atomic E-state index is 14.1. The second-order valence-electron chi connectivity index (χ2n) is 10.5. The average Bonchev–Trinajstić information content (AvgIpc) is 2.80. The van der Waals surface area contributed by atoms with Crippen LogP contribution in [0.25, 0.3) is 0 Å². The van der Waals surface area contributed by atoms with Gasteiger partial charge >= 0.3 is 6.09 Å². The van der Waals surface area contributed by atoms with Gasteiger partial charge in [0.25, 0.3) is 0 Å². The Morgan fingerprint density at radius 1 is 1.05 bits per heavy atom. The van der Waals surface area contributed by atoms with E-state index in [1.165, 1.54) is 17.0 Å². The van der Waals surface area contributed by atoms with E-state index in [2.05, 4.69) is 10.6 Å². The molecule has 9 heteroatoms. The summed E-state index contributed by atoms with van der Waals surface area (Å²) in [6, 6.07) is 11.2. The molecule has 0 aliphatic carbocycles. The lowest BCUT2D eigenvalue weighted by Crippen LogP contribution is -2.54. The summed E-state index contributed by atoms with van der Waals surface area (Å²) in [7, 11) is 0. The highest BCUT2D eigenvalue weighted by Gasteiger charge is 2.37. The van der Waals surface area contributed by atoms with Gasteiger partial charge in [-0.05, 0) is 82.9 Å². The number of rotatable bonds is 9. The molecule has 38 heavy (non-hydrogen) atoms. The molecule has 2 aromatic carbocycles. The van der Waals surface area contributed by atoms with Crippen molar-refractivity contribution in [2.45, 2.75) is 78.6 Å². The fraction of sp³-hybridized carbons (Fsp3) is 0.448. The largest absolute Gasteiger partial charge is 0.508 e. The molecule has 9 nitrogen and oxygen atoms in total. The Hall–Kier alpha value is -4.06. The minimum absolute atomic E-state index is 0.0472. The normalized spacial score (nSPS) is 12.7. The fourth-order valence-corrected chi connectivity index (χ4v) is 3.97. The maximum atomic E-state index is 14.1. The van der Waals surface area contributed by atoms with Crippen LogP contribution >= 0.6 is 0 Å². The number of ether oxygens (including phenoxy) is 1. The minimum atomic E-state index is -1.15. The van der Waals surface area contributed by atoms with Gasteiger partial charge in [0.05, 0.1) is 6.07 Å². The first-order chi connectivity index (χ1) is 17.7. The maximum Gasteiger partial charge on any atom is 0.408 e. The van der Waals surface area contributed by atoms with Crippen molar-refractivity contribution in [1.82, 2.24) is 15.5 Å². The van der Waals surface area contributed by atoms with Gasteiger partial charge in [-0.15, -0.1) is 0 Å². The average molecular weight is 523 g/mol. The van der Waals surface area contributed by atoms with Crippen LogP contribution in [0.5, 0.6) is 5.75 Å². The highest BCUT2D eigenvalue weighted by atomic mass is 16.6. The van der Waals surface area contributed by atoms with E-state index in [0.717, 1.165) is 11.1 Å². The first kappa shape index (κ1) is 30.2. The Morgan fingerprint density at radius 2 is 1.68 bits per heavy atom. The predicted octanol–water partition coefficient (Wildman–Crippen LogP) is 4.06. The quantitative estimate of drug-likeness (QED) is 0.426. The van der Waals surface area contributed by atoms with Crippen LogP contribution in [-0.2, 0) is 20.7 Å². The molecule has 3 N–H and O–H groups in total. The van der Waals surface area contributed by atoms with Gasteiger partial charge in [0.15, 0.2) is 0 Å². The summed E-state index contributed by atoms with van der Waals surface area (Å²) in [6.07, 6.45) is -0.757. The van der Waals surface area contributed by atoms with Crippen LogP contribution in [0.15, 0.2) is 42.5 Å². The third-order valence-corrected chi connectivity index (χ3v) is 5.82. The van der Waals surface area contributed by atoms with E-state index >= 15 is 0 Å². The van der Waals surface area contributed by atoms with Crippen LogP contribution in [0.4, 0.5) is 4.79 Å². The number of hydrogen-bond acceptors (Lipinski definition) is 6. The van der Waals surface area contributed by atoms with Crippen LogP contribution in [0.1, 0.15) is 62.9 Å². The van der Waals surface area contributed by atoms with Crippen LogP contribution in [0, 0.1) is 25.2 Å². The first-order valence-corrected chi connectivity index (χ1v) is 12.5. The van der Waals surface area contributed by atoms with Crippen molar-refractivity contribution in [3.05, 3.63) is 64.7 Å². The molecule has 0 radical (unpaired) electrons. The Kier molecular flexibility index (Phi) is 10.3. The second kappa shape index (κ2) is 13.0. The molecule has 2 unspecified atom stereocenters. The number of nitrogens with one attached hydrogen (secondary N) is 2. The molecule has 0 aliphatic rings. The molecule has 0 fully saturated rings. The van der Waals surface area contributed by atoms with Crippen molar-refractivity contribution in [2.75, 3.05) is 6.54 Å². The number of aromatic hydroxyl groups is 1. The molecule has 0 heterocycles. The molecular formula is C29H38N4O5. The molecule has 0 bridgehead atoms. The van der Waals surface area contributed by atoms with Gasteiger partial charge in [0.2, 0.25) is 11.8 Å². The van der Waals surface area contributed by atoms with Gasteiger partial charge in [-0.1, -0.05) is 30.3 Å². The Balaban J connectivity index is 2.58. The summed E-state index contributed by atoms with van der Waals surface area (Å²) in [5.41, 5.74) is 2.20. The van der Waals surface area contributed by atoms with Crippen LogP contribution in [-0.4, -0.2) is 52.1 Å². The second-order valence-corrected chi connectivity index (χ2v) is 10.5. The molecule has 0 spiro atoms. The van der Waals surface area contributed by atoms with E-state index in [1.54, 1.807) is 45.0 Å². The van der Waals surface area contributed by atoms with Crippen molar-refractivity contribution in [3.8, 4) is 11.8 Å². The molecule has 204 valence electrons. The van der Waals surface area contributed by atoms with E-state index < -0.39 is 35.6 Å². The van der Waals surface area contributed by atoms with Crippen molar-refractivity contribution in [1.29, 1.82) is 5.26 Å². The van der Waals surface area contributed by atoms with E-state index in [9.17, 15) is 24.8 Å². The monoisotopic (exact) mass is 522 g/mol. The predicted molar refractivity (Wildman–Crippen MR) is 144 cm³/mol. The van der Waals surface area contributed by atoms with Gasteiger partial charge in [0, 0.05) is 12.5 Å². The number of nitrogens with zero attached hydrogens (tertiary/aromatic N) is 2. The minimum Gasteiger partial charge on any atom is -0.508 e. The Labute approximate surface area is 224 Å². The molecule has 0 aromatic heterocycles. The lowest BCUT2D eigenvalue weighted by molar-refractivity contribution is -0.142. The van der Waals surface area contributed by atoms with E-state index in [4.69, 9.17) is 4.74 Å². The number of phenolic OH excluding ortho intramolecular Hbond substituents is 1.